The monoisotopic (exact) mass is 428 g/mol. The van der Waals surface area contributed by atoms with Crippen LogP contribution < -0.4 is 5.32 Å². The molecule has 32 heavy (non-hydrogen) atoms. The number of benzene rings is 1. The van der Waals surface area contributed by atoms with E-state index < -0.39 is 5.97 Å². The van der Waals surface area contributed by atoms with E-state index in [9.17, 15) is 4.79 Å². The van der Waals surface area contributed by atoms with Gasteiger partial charge in [-0.05, 0) is 37.3 Å². The lowest BCUT2D eigenvalue weighted by Crippen LogP contribution is -2.51. The second-order valence-electron chi connectivity index (χ2n) is 8.14. The number of carboxylic acid groups (broad SMARTS) is 1. The molecule has 3 N–H and O–H groups in total. The predicted octanol–water partition coefficient (Wildman–Crippen LogP) is 3.42. The molecule has 8 heteroatoms. The Morgan fingerprint density at radius 2 is 2.09 bits per heavy atom. The molecular weight excluding hydrogens is 404 g/mol. The van der Waals surface area contributed by atoms with Crippen molar-refractivity contribution in [2.75, 3.05) is 31.5 Å². The molecule has 162 valence electrons. The van der Waals surface area contributed by atoms with Gasteiger partial charge < -0.3 is 15.4 Å². The van der Waals surface area contributed by atoms with Crippen molar-refractivity contribution in [1.82, 2.24) is 24.8 Å². The molecule has 5 rings (SSSR count). The van der Waals surface area contributed by atoms with Crippen molar-refractivity contribution in [1.29, 1.82) is 0 Å². The van der Waals surface area contributed by atoms with E-state index in [1.54, 1.807) is 6.33 Å². The molecule has 1 aliphatic heterocycles. The first-order valence-corrected chi connectivity index (χ1v) is 10.6. The Labute approximate surface area is 185 Å². The SMILES string of the molecule is Cc1cccc(-c2[nH]cnc2-c2ccc3ncc(NCCN4CC(C(=O)O)C4)cc3c2)n1. The van der Waals surface area contributed by atoms with Gasteiger partial charge in [0.2, 0.25) is 0 Å². The van der Waals surface area contributed by atoms with Crippen LogP contribution in [0.25, 0.3) is 33.5 Å². The first kappa shape index (κ1) is 20.1. The maximum absolute atomic E-state index is 10.9. The first-order valence-electron chi connectivity index (χ1n) is 10.6. The first-order chi connectivity index (χ1) is 15.6. The number of aromatic amines is 1. The molecule has 0 amide bonds. The van der Waals surface area contributed by atoms with Crippen LogP contribution in [-0.2, 0) is 4.79 Å². The molecule has 0 atom stereocenters. The number of hydrogen-bond donors (Lipinski definition) is 3. The molecule has 1 aromatic carbocycles. The Kier molecular flexibility index (Phi) is 5.28. The van der Waals surface area contributed by atoms with Crippen LogP contribution in [0, 0.1) is 12.8 Å². The van der Waals surface area contributed by atoms with E-state index in [4.69, 9.17) is 5.11 Å². The Morgan fingerprint density at radius 3 is 2.91 bits per heavy atom. The van der Waals surface area contributed by atoms with E-state index in [2.05, 4.69) is 42.3 Å². The van der Waals surface area contributed by atoms with Crippen molar-refractivity contribution in [3.8, 4) is 22.6 Å². The van der Waals surface area contributed by atoms with Crippen molar-refractivity contribution < 1.29 is 9.90 Å². The molecular formula is C24H24N6O2. The lowest BCUT2D eigenvalue weighted by Gasteiger charge is -2.36. The largest absolute Gasteiger partial charge is 0.481 e. The summed E-state index contributed by atoms with van der Waals surface area (Å²) in [6.07, 6.45) is 3.52. The summed E-state index contributed by atoms with van der Waals surface area (Å²) in [5.41, 5.74) is 6.42. The quantitative estimate of drug-likeness (QED) is 0.414. The summed E-state index contributed by atoms with van der Waals surface area (Å²) in [4.78, 5) is 30.0. The Bertz CT molecular complexity index is 1280. The van der Waals surface area contributed by atoms with E-state index >= 15 is 0 Å². The minimum atomic E-state index is -0.706. The molecule has 8 nitrogen and oxygen atoms in total. The van der Waals surface area contributed by atoms with Crippen molar-refractivity contribution in [3.63, 3.8) is 0 Å². The third-order valence-electron chi connectivity index (χ3n) is 5.80. The number of likely N-dealkylation sites (tertiary alicyclic amines) is 1. The second kappa shape index (κ2) is 8.39. The van der Waals surface area contributed by atoms with E-state index in [-0.39, 0.29) is 5.92 Å². The fourth-order valence-corrected chi connectivity index (χ4v) is 4.03. The average Bonchev–Trinajstić information content (AvgIpc) is 3.24. The number of nitrogens with zero attached hydrogens (tertiary/aromatic N) is 4. The third kappa shape index (κ3) is 4.04. The van der Waals surface area contributed by atoms with Gasteiger partial charge in [-0.1, -0.05) is 12.1 Å². The summed E-state index contributed by atoms with van der Waals surface area (Å²) in [5, 5.41) is 13.4. The van der Waals surface area contributed by atoms with E-state index in [1.807, 2.05) is 43.5 Å². The number of aromatic nitrogens is 4. The number of carboxylic acids is 1. The summed E-state index contributed by atoms with van der Waals surface area (Å²) < 4.78 is 0. The zero-order chi connectivity index (χ0) is 22.1. The highest BCUT2D eigenvalue weighted by Crippen LogP contribution is 2.30. The molecule has 0 bridgehead atoms. The average molecular weight is 428 g/mol. The molecule has 1 saturated heterocycles. The smallest absolute Gasteiger partial charge is 0.309 e. The minimum absolute atomic E-state index is 0.224. The van der Waals surface area contributed by atoms with Crippen molar-refractivity contribution >= 4 is 22.6 Å². The van der Waals surface area contributed by atoms with Gasteiger partial charge in [-0.25, -0.2) is 4.98 Å². The number of H-pyrrole nitrogens is 1. The number of anilines is 1. The maximum atomic E-state index is 10.9. The molecule has 0 radical (unpaired) electrons. The summed E-state index contributed by atoms with van der Waals surface area (Å²) in [7, 11) is 0. The Balaban J connectivity index is 1.32. The van der Waals surface area contributed by atoms with Crippen LogP contribution in [0.2, 0.25) is 0 Å². The summed E-state index contributed by atoms with van der Waals surface area (Å²) in [6, 6.07) is 14.2. The van der Waals surface area contributed by atoms with E-state index in [1.165, 1.54) is 0 Å². The summed E-state index contributed by atoms with van der Waals surface area (Å²) >= 11 is 0. The summed E-state index contributed by atoms with van der Waals surface area (Å²) in [5.74, 6) is -0.931. The van der Waals surface area contributed by atoms with Crippen molar-refractivity contribution in [2.24, 2.45) is 5.92 Å². The topological polar surface area (TPSA) is 107 Å². The number of hydrogen-bond acceptors (Lipinski definition) is 6. The number of carbonyl (C=O) groups is 1. The van der Waals surface area contributed by atoms with Crippen LogP contribution in [0.1, 0.15) is 5.69 Å². The molecule has 0 aliphatic carbocycles. The van der Waals surface area contributed by atoms with Crippen LogP contribution in [0.5, 0.6) is 0 Å². The van der Waals surface area contributed by atoms with Crippen LogP contribution >= 0.6 is 0 Å². The molecule has 0 unspecified atom stereocenters. The van der Waals surface area contributed by atoms with Gasteiger partial charge in [0.1, 0.15) is 0 Å². The number of aliphatic carboxylic acids is 1. The fraction of sp³-hybridized carbons (Fsp3) is 0.250. The van der Waals surface area contributed by atoms with Gasteiger partial charge in [-0.2, -0.15) is 0 Å². The van der Waals surface area contributed by atoms with Crippen LogP contribution in [0.3, 0.4) is 0 Å². The molecule has 0 spiro atoms. The molecule has 4 aromatic rings. The number of fused-ring (bicyclic) bond motifs is 1. The minimum Gasteiger partial charge on any atom is -0.481 e. The molecule has 1 aliphatic rings. The van der Waals surface area contributed by atoms with Gasteiger partial charge in [0.05, 0.1) is 46.7 Å². The summed E-state index contributed by atoms with van der Waals surface area (Å²) in [6.45, 7) is 4.77. The normalized spacial score (nSPS) is 14.4. The van der Waals surface area contributed by atoms with Crippen LogP contribution in [0.15, 0.2) is 55.0 Å². The Hall–Kier alpha value is -3.78. The van der Waals surface area contributed by atoms with E-state index in [0.29, 0.717) is 13.1 Å². The number of aryl methyl sites for hydroxylation is 1. The van der Waals surface area contributed by atoms with Gasteiger partial charge in [-0.15, -0.1) is 0 Å². The number of rotatable bonds is 7. The van der Waals surface area contributed by atoms with Gasteiger partial charge in [0, 0.05) is 42.8 Å². The molecule has 0 saturated carbocycles. The van der Waals surface area contributed by atoms with Crippen molar-refractivity contribution in [3.05, 3.63) is 60.7 Å². The molecule has 1 fully saturated rings. The lowest BCUT2D eigenvalue weighted by molar-refractivity contribution is -0.147. The second-order valence-corrected chi connectivity index (χ2v) is 8.14. The number of nitrogens with one attached hydrogen (secondary N) is 2. The zero-order valence-corrected chi connectivity index (χ0v) is 17.7. The predicted molar refractivity (Wildman–Crippen MR) is 123 cm³/mol. The number of pyridine rings is 2. The highest BCUT2D eigenvalue weighted by Gasteiger charge is 2.31. The van der Waals surface area contributed by atoms with Crippen LogP contribution in [0.4, 0.5) is 5.69 Å². The fourth-order valence-electron chi connectivity index (χ4n) is 4.03. The lowest BCUT2D eigenvalue weighted by atomic mass is 10.0. The Morgan fingerprint density at radius 1 is 1.22 bits per heavy atom. The van der Waals surface area contributed by atoms with E-state index in [0.717, 1.165) is 58.0 Å². The van der Waals surface area contributed by atoms with Gasteiger partial charge >= 0.3 is 5.97 Å². The maximum Gasteiger partial charge on any atom is 0.309 e. The third-order valence-corrected chi connectivity index (χ3v) is 5.80. The standard InChI is InChI=1S/C24H24N6O2/c1-15-3-2-4-21(29-15)23-22(27-14-28-23)16-5-6-20-17(9-16)10-19(11-26-20)25-7-8-30-12-18(13-30)24(31)32/h2-6,9-11,14,18,25H,7-8,12-13H2,1H3,(H,27,28)(H,31,32). The highest BCUT2D eigenvalue weighted by atomic mass is 16.4. The molecule has 4 heterocycles. The van der Waals surface area contributed by atoms with Gasteiger partial charge in [0.25, 0.3) is 0 Å². The zero-order valence-electron chi connectivity index (χ0n) is 17.7. The van der Waals surface area contributed by atoms with Gasteiger partial charge in [0.15, 0.2) is 0 Å². The van der Waals surface area contributed by atoms with Crippen molar-refractivity contribution in [2.45, 2.75) is 6.92 Å². The number of imidazole rings is 1. The van der Waals surface area contributed by atoms with Crippen LogP contribution in [-0.4, -0.2) is 62.1 Å². The van der Waals surface area contributed by atoms with Gasteiger partial charge in [-0.3, -0.25) is 19.7 Å². The highest BCUT2D eigenvalue weighted by molar-refractivity contribution is 5.88. The molecule has 3 aromatic heterocycles.